The number of benzene rings is 1. The fraction of sp³-hybridized carbons (Fsp3) is 0.308. The van der Waals surface area contributed by atoms with Gasteiger partial charge in [0.25, 0.3) is 0 Å². The molecule has 1 saturated carbocycles. The Morgan fingerprint density at radius 1 is 1.24 bits per heavy atom. The van der Waals surface area contributed by atoms with E-state index in [-0.39, 0.29) is 11.6 Å². The summed E-state index contributed by atoms with van der Waals surface area (Å²) in [4.78, 5) is 34.5. The normalized spacial score (nSPS) is 16.3. The molecule has 1 aromatic carbocycles. The summed E-state index contributed by atoms with van der Waals surface area (Å²) < 4.78 is 4.60. The average molecular weight is 232 g/mol. The number of esters is 1. The lowest BCUT2D eigenvalue weighted by molar-refractivity contribution is -0.123. The summed E-state index contributed by atoms with van der Waals surface area (Å²) >= 11 is 0. The number of hydrogen-bond donors (Lipinski definition) is 0. The molecule has 0 spiro atoms. The second kappa shape index (κ2) is 4.49. The second-order valence-electron chi connectivity index (χ2n) is 3.98. The van der Waals surface area contributed by atoms with Crippen molar-refractivity contribution in [1.82, 2.24) is 0 Å². The van der Waals surface area contributed by atoms with E-state index in [1.54, 1.807) is 24.3 Å². The summed E-state index contributed by atoms with van der Waals surface area (Å²) in [6.45, 7) is 0. The topological polar surface area (TPSA) is 60.4 Å². The van der Waals surface area contributed by atoms with E-state index in [9.17, 15) is 14.4 Å². The van der Waals surface area contributed by atoms with Crippen molar-refractivity contribution in [2.24, 2.45) is 0 Å². The minimum Gasteiger partial charge on any atom is -0.465 e. The number of carbonyl (C=O) groups is 3. The zero-order chi connectivity index (χ0) is 12.4. The highest BCUT2D eigenvalue weighted by atomic mass is 16.5. The fourth-order valence-electron chi connectivity index (χ4n) is 2.05. The first-order valence-corrected chi connectivity index (χ1v) is 5.37. The molecule has 0 aliphatic heterocycles. The molecule has 0 N–H and O–H groups in total. The quantitative estimate of drug-likeness (QED) is 0.572. The Balaban J connectivity index is 2.36. The van der Waals surface area contributed by atoms with E-state index in [2.05, 4.69) is 4.74 Å². The highest BCUT2D eigenvalue weighted by molar-refractivity contribution is 6.13. The maximum Gasteiger partial charge on any atom is 0.337 e. The van der Waals surface area contributed by atoms with Crippen LogP contribution in [-0.4, -0.2) is 24.6 Å². The van der Waals surface area contributed by atoms with Crippen molar-refractivity contribution in [2.75, 3.05) is 7.11 Å². The zero-order valence-corrected chi connectivity index (χ0v) is 9.43. The van der Waals surface area contributed by atoms with Gasteiger partial charge in [-0.3, -0.25) is 9.59 Å². The molecule has 0 radical (unpaired) electrons. The molecule has 0 atom stereocenters. The molecule has 1 fully saturated rings. The Morgan fingerprint density at radius 3 is 2.47 bits per heavy atom. The van der Waals surface area contributed by atoms with Gasteiger partial charge >= 0.3 is 5.97 Å². The number of rotatable bonds is 2. The maximum absolute atomic E-state index is 11.6. The molecule has 0 aromatic heterocycles. The van der Waals surface area contributed by atoms with E-state index in [1.807, 2.05) is 0 Å². The molecule has 2 rings (SSSR count). The number of ketones is 2. The van der Waals surface area contributed by atoms with E-state index in [0.717, 1.165) is 0 Å². The molecule has 4 heteroatoms. The van der Waals surface area contributed by atoms with E-state index >= 15 is 0 Å². The first kappa shape index (κ1) is 11.5. The third kappa shape index (κ3) is 2.11. The lowest BCUT2D eigenvalue weighted by atomic mass is 9.94. The van der Waals surface area contributed by atoms with Gasteiger partial charge in [0.15, 0.2) is 0 Å². The molecule has 0 saturated heterocycles. The molecule has 0 amide bonds. The molecule has 0 heterocycles. The van der Waals surface area contributed by atoms with Crippen LogP contribution in [0.5, 0.6) is 0 Å². The summed E-state index contributed by atoms with van der Waals surface area (Å²) in [6.07, 6.45) is 0.595. The van der Waals surface area contributed by atoms with Crippen molar-refractivity contribution in [1.29, 1.82) is 0 Å². The lowest BCUT2D eigenvalue weighted by Gasteiger charge is -2.08. The summed E-state index contributed by atoms with van der Waals surface area (Å²) in [5, 5.41) is 0. The van der Waals surface area contributed by atoms with Crippen LogP contribution < -0.4 is 0 Å². The molecule has 17 heavy (non-hydrogen) atoms. The molecule has 88 valence electrons. The number of hydrogen-bond acceptors (Lipinski definition) is 4. The zero-order valence-electron chi connectivity index (χ0n) is 9.43. The smallest absolute Gasteiger partial charge is 0.337 e. The second-order valence-corrected chi connectivity index (χ2v) is 3.98. The lowest BCUT2D eigenvalue weighted by Crippen LogP contribution is -2.13. The van der Waals surface area contributed by atoms with Gasteiger partial charge in [-0.05, 0) is 17.7 Å². The van der Waals surface area contributed by atoms with Crippen molar-refractivity contribution < 1.29 is 19.1 Å². The molecule has 0 unspecified atom stereocenters. The van der Waals surface area contributed by atoms with Crippen LogP contribution in [0.3, 0.4) is 0 Å². The van der Waals surface area contributed by atoms with Crippen molar-refractivity contribution in [3.05, 3.63) is 35.4 Å². The van der Waals surface area contributed by atoms with Gasteiger partial charge in [-0.25, -0.2) is 4.79 Å². The van der Waals surface area contributed by atoms with Gasteiger partial charge in [0.1, 0.15) is 17.5 Å². The number of Topliss-reactive ketones (excluding diaryl/α,β-unsaturated/α-hetero) is 2. The summed E-state index contributed by atoms with van der Waals surface area (Å²) in [6, 6.07) is 6.50. The van der Waals surface area contributed by atoms with E-state index in [1.165, 1.54) is 7.11 Å². The summed E-state index contributed by atoms with van der Waals surface area (Å²) in [5.41, 5.74) is 0.943. The SMILES string of the molecule is COC(=O)c1cccc(C2C(=O)CCC2=O)c1. The van der Waals surface area contributed by atoms with Gasteiger partial charge < -0.3 is 4.74 Å². The molecule has 1 aromatic rings. The van der Waals surface area contributed by atoms with Crippen LogP contribution in [0.25, 0.3) is 0 Å². The van der Waals surface area contributed by atoms with Gasteiger partial charge in [-0.1, -0.05) is 12.1 Å². The van der Waals surface area contributed by atoms with Gasteiger partial charge in [-0.2, -0.15) is 0 Å². The van der Waals surface area contributed by atoms with E-state index < -0.39 is 11.9 Å². The van der Waals surface area contributed by atoms with Gasteiger partial charge in [0.05, 0.1) is 12.7 Å². The third-order valence-corrected chi connectivity index (χ3v) is 2.90. The van der Waals surface area contributed by atoms with Gasteiger partial charge in [0, 0.05) is 12.8 Å². The molecule has 1 aliphatic carbocycles. The van der Waals surface area contributed by atoms with E-state index in [4.69, 9.17) is 0 Å². The Labute approximate surface area is 98.6 Å². The summed E-state index contributed by atoms with van der Waals surface area (Å²) in [7, 11) is 1.29. The predicted octanol–water partition coefficient (Wildman–Crippen LogP) is 1.49. The van der Waals surface area contributed by atoms with Crippen molar-refractivity contribution >= 4 is 17.5 Å². The van der Waals surface area contributed by atoms with E-state index in [0.29, 0.717) is 24.0 Å². The molecular formula is C13H12O4. The summed E-state index contributed by atoms with van der Waals surface area (Å²) in [5.74, 6) is -1.31. The monoisotopic (exact) mass is 232 g/mol. The Bertz CT molecular complexity index is 474. The average Bonchev–Trinajstić information content (AvgIpc) is 2.68. The first-order chi connectivity index (χ1) is 8.13. The molecular weight excluding hydrogens is 220 g/mol. The molecule has 0 bridgehead atoms. The number of ether oxygens (including phenoxy) is 1. The van der Waals surface area contributed by atoms with Crippen LogP contribution in [0.2, 0.25) is 0 Å². The number of carbonyl (C=O) groups excluding carboxylic acids is 3. The van der Waals surface area contributed by atoms with Crippen LogP contribution in [-0.2, 0) is 14.3 Å². The van der Waals surface area contributed by atoms with Crippen LogP contribution in [0.1, 0.15) is 34.7 Å². The molecule has 1 aliphatic rings. The van der Waals surface area contributed by atoms with Crippen LogP contribution in [0.15, 0.2) is 24.3 Å². The first-order valence-electron chi connectivity index (χ1n) is 5.37. The number of methoxy groups -OCH3 is 1. The minimum atomic E-state index is -0.695. The maximum atomic E-state index is 11.6. The Hall–Kier alpha value is -1.97. The fourth-order valence-corrected chi connectivity index (χ4v) is 2.05. The van der Waals surface area contributed by atoms with Crippen molar-refractivity contribution in [3.63, 3.8) is 0 Å². The highest BCUT2D eigenvalue weighted by Gasteiger charge is 2.34. The Morgan fingerprint density at radius 2 is 1.88 bits per heavy atom. The van der Waals surface area contributed by atoms with Crippen LogP contribution in [0, 0.1) is 0 Å². The van der Waals surface area contributed by atoms with Crippen molar-refractivity contribution in [2.45, 2.75) is 18.8 Å². The van der Waals surface area contributed by atoms with Crippen LogP contribution >= 0.6 is 0 Å². The standard InChI is InChI=1S/C13H12O4/c1-17-13(16)9-4-2-3-8(7-9)12-10(14)5-6-11(12)15/h2-4,7,12H,5-6H2,1H3. The third-order valence-electron chi connectivity index (χ3n) is 2.90. The molecule has 4 nitrogen and oxygen atoms in total. The van der Waals surface area contributed by atoms with Gasteiger partial charge in [0.2, 0.25) is 0 Å². The van der Waals surface area contributed by atoms with Crippen LogP contribution in [0.4, 0.5) is 0 Å². The minimum absolute atomic E-state index is 0.0722. The Kier molecular flexibility index (Phi) is 3.04. The largest absolute Gasteiger partial charge is 0.465 e. The predicted molar refractivity (Wildman–Crippen MR) is 59.8 cm³/mol. The van der Waals surface area contributed by atoms with Crippen molar-refractivity contribution in [3.8, 4) is 0 Å². The highest BCUT2D eigenvalue weighted by Crippen LogP contribution is 2.28. The van der Waals surface area contributed by atoms with Gasteiger partial charge in [-0.15, -0.1) is 0 Å².